The topological polar surface area (TPSA) is 8.17 Å². The molecule has 0 radical (unpaired) electrons. The van der Waals surface area contributed by atoms with E-state index in [1.807, 2.05) is 22.7 Å². The fourth-order valence-electron chi connectivity index (χ4n) is 7.40. The molecule has 0 fully saturated rings. The smallest absolute Gasteiger partial charge is 0.0640 e. The number of aromatic nitrogens is 1. The van der Waals surface area contributed by atoms with Crippen LogP contribution in [0.5, 0.6) is 0 Å². The highest BCUT2D eigenvalue weighted by molar-refractivity contribution is 7.25. The molecule has 6 aromatic carbocycles. The van der Waals surface area contributed by atoms with Gasteiger partial charge in [0.25, 0.3) is 0 Å². The lowest BCUT2D eigenvalue weighted by molar-refractivity contribution is 1.01. The largest absolute Gasteiger partial charge is 0.309 e. The second kappa shape index (κ2) is 10.2. The summed E-state index contributed by atoms with van der Waals surface area (Å²) in [5.74, 6) is 0. The average Bonchev–Trinajstić information content (AvgIpc) is 3.78. The number of aryl methyl sites for hydroxylation is 1. The van der Waals surface area contributed by atoms with E-state index in [4.69, 9.17) is 0 Å². The van der Waals surface area contributed by atoms with Crippen molar-refractivity contribution in [1.29, 1.82) is 0 Å². The van der Waals surface area contributed by atoms with Crippen LogP contribution >= 0.6 is 22.7 Å². The molecule has 4 heteroatoms. The highest BCUT2D eigenvalue weighted by Gasteiger charge is 2.22. The summed E-state index contributed by atoms with van der Waals surface area (Å²) in [6.45, 7) is 0. The maximum absolute atomic E-state index is 2.49. The fraction of sp³-hybridized carbons (Fsp3) is 0.0476. The van der Waals surface area contributed by atoms with Crippen LogP contribution in [0.1, 0.15) is 16.9 Å². The summed E-state index contributed by atoms with van der Waals surface area (Å²) in [7, 11) is 0. The summed E-state index contributed by atoms with van der Waals surface area (Å²) >= 11 is 3.80. The Morgan fingerprint density at radius 1 is 0.543 bits per heavy atom. The number of anilines is 3. The summed E-state index contributed by atoms with van der Waals surface area (Å²) in [4.78, 5) is 3.89. The van der Waals surface area contributed by atoms with Crippen molar-refractivity contribution in [3.05, 3.63) is 150 Å². The molecule has 0 amide bonds. The Morgan fingerprint density at radius 3 is 2.17 bits per heavy atom. The maximum atomic E-state index is 2.49. The predicted octanol–water partition coefficient (Wildman–Crippen LogP) is 12.8. The first-order valence-electron chi connectivity index (χ1n) is 15.8. The zero-order chi connectivity index (χ0) is 30.2. The molecule has 0 unspecified atom stereocenters. The normalized spacial score (nSPS) is 13.0. The zero-order valence-electron chi connectivity index (χ0n) is 25.0. The van der Waals surface area contributed by atoms with E-state index in [1.165, 1.54) is 79.6 Å². The van der Waals surface area contributed by atoms with Crippen molar-refractivity contribution in [1.82, 2.24) is 4.57 Å². The molecule has 3 aromatic heterocycles. The molecule has 0 N–H and O–H groups in total. The van der Waals surface area contributed by atoms with Crippen molar-refractivity contribution in [2.45, 2.75) is 12.8 Å². The van der Waals surface area contributed by atoms with Gasteiger partial charge < -0.3 is 9.47 Å². The molecule has 9 aromatic rings. The number of para-hydroxylation sites is 2. The van der Waals surface area contributed by atoms with Crippen LogP contribution in [0.2, 0.25) is 0 Å². The molecule has 0 spiro atoms. The summed E-state index contributed by atoms with van der Waals surface area (Å²) in [6, 6.07) is 49.2. The molecular formula is C42H28N2S2. The van der Waals surface area contributed by atoms with Crippen LogP contribution in [0.15, 0.2) is 140 Å². The standard InChI is InChI=1S/C42H28N2S2/c1-2-11-27(12-3-1)44-36-17-7-4-13-30(36)34-25-28(21-23-37(34)44)43(29-22-24-41-35(26-29)32-15-6-8-19-39(32)45-41)38-18-10-16-33-31-14-5-9-20-40(31)46-42(33)38/h1-4,6-13,15-26H,5,14H2. The number of allylic oxidation sites excluding steroid dienone is 1. The molecule has 2 nitrogen and oxygen atoms in total. The molecule has 1 aliphatic carbocycles. The van der Waals surface area contributed by atoms with Gasteiger partial charge in [-0.25, -0.2) is 0 Å². The first kappa shape index (κ1) is 26.1. The number of hydrogen-bond acceptors (Lipinski definition) is 3. The van der Waals surface area contributed by atoms with Gasteiger partial charge in [-0.3, -0.25) is 0 Å². The number of benzene rings is 6. The molecule has 0 bridgehead atoms. The van der Waals surface area contributed by atoms with Gasteiger partial charge >= 0.3 is 0 Å². The molecule has 10 rings (SSSR count). The van der Waals surface area contributed by atoms with E-state index in [1.54, 1.807) is 0 Å². The lowest BCUT2D eigenvalue weighted by atomic mass is 10.0. The van der Waals surface area contributed by atoms with Gasteiger partial charge in [0, 0.05) is 52.9 Å². The first-order chi connectivity index (χ1) is 22.8. The van der Waals surface area contributed by atoms with E-state index in [0.717, 1.165) is 18.5 Å². The number of nitrogens with zero attached hydrogens (tertiary/aromatic N) is 2. The monoisotopic (exact) mass is 624 g/mol. The van der Waals surface area contributed by atoms with E-state index in [2.05, 4.69) is 155 Å². The third kappa shape index (κ3) is 3.87. The van der Waals surface area contributed by atoms with E-state index >= 15 is 0 Å². The summed E-state index contributed by atoms with van der Waals surface area (Å²) in [5.41, 5.74) is 8.67. The van der Waals surface area contributed by atoms with Gasteiger partial charge in [-0.15, -0.1) is 22.7 Å². The van der Waals surface area contributed by atoms with Crippen LogP contribution in [0, 0.1) is 0 Å². The summed E-state index contributed by atoms with van der Waals surface area (Å²) in [5, 5.41) is 6.53. The Morgan fingerprint density at radius 2 is 1.26 bits per heavy atom. The van der Waals surface area contributed by atoms with Gasteiger partial charge in [0.2, 0.25) is 0 Å². The zero-order valence-corrected chi connectivity index (χ0v) is 26.6. The molecule has 218 valence electrons. The Labute approximate surface area is 274 Å². The van der Waals surface area contributed by atoms with Gasteiger partial charge in [0.15, 0.2) is 0 Å². The van der Waals surface area contributed by atoms with Gasteiger partial charge in [-0.1, -0.05) is 72.8 Å². The van der Waals surface area contributed by atoms with Gasteiger partial charge in [0.05, 0.1) is 21.4 Å². The van der Waals surface area contributed by atoms with Gasteiger partial charge in [-0.05, 0) is 96.6 Å². The molecule has 0 aliphatic heterocycles. The minimum atomic E-state index is 1.10. The summed E-state index contributed by atoms with van der Waals surface area (Å²) in [6.07, 6.45) is 6.86. The molecule has 0 saturated carbocycles. The van der Waals surface area contributed by atoms with Crippen molar-refractivity contribution in [3.63, 3.8) is 0 Å². The highest BCUT2D eigenvalue weighted by Crippen LogP contribution is 2.47. The first-order valence-corrected chi connectivity index (χ1v) is 17.5. The lowest BCUT2D eigenvalue weighted by Crippen LogP contribution is -2.10. The summed E-state index contributed by atoms with van der Waals surface area (Å²) < 4.78 is 6.39. The third-order valence-corrected chi connectivity index (χ3v) is 11.8. The Kier molecular flexibility index (Phi) is 5.77. The molecule has 3 heterocycles. The molecular weight excluding hydrogens is 597 g/mol. The van der Waals surface area contributed by atoms with E-state index < -0.39 is 0 Å². The number of thiophene rings is 2. The van der Waals surface area contributed by atoms with Gasteiger partial charge in [0.1, 0.15) is 0 Å². The fourth-order valence-corrected chi connectivity index (χ4v) is 9.77. The molecule has 46 heavy (non-hydrogen) atoms. The minimum Gasteiger partial charge on any atom is -0.309 e. The Bertz CT molecular complexity index is 2650. The average molecular weight is 625 g/mol. The maximum Gasteiger partial charge on any atom is 0.0640 e. The highest BCUT2D eigenvalue weighted by atomic mass is 32.1. The van der Waals surface area contributed by atoms with Crippen molar-refractivity contribution in [2.24, 2.45) is 0 Å². The quantitative estimate of drug-likeness (QED) is 0.189. The molecule has 0 atom stereocenters. The van der Waals surface area contributed by atoms with Crippen molar-refractivity contribution >= 4 is 97.9 Å². The number of fused-ring (bicyclic) bond motifs is 9. The van der Waals surface area contributed by atoms with Crippen LogP contribution in [0.25, 0.3) is 63.8 Å². The number of hydrogen-bond donors (Lipinski definition) is 0. The minimum absolute atomic E-state index is 1.10. The van der Waals surface area contributed by atoms with E-state index in [9.17, 15) is 0 Å². The molecule has 0 saturated heterocycles. The Hall–Kier alpha value is -5.16. The Balaban J connectivity index is 1.26. The van der Waals surface area contributed by atoms with Gasteiger partial charge in [-0.2, -0.15) is 0 Å². The lowest BCUT2D eigenvalue weighted by Gasteiger charge is -2.26. The second-order valence-corrected chi connectivity index (χ2v) is 14.2. The van der Waals surface area contributed by atoms with Crippen LogP contribution in [0.4, 0.5) is 17.1 Å². The number of rotatable bonds is 4. The van der Waals surface area contributed by atoms with Crippen LogP contribution in [0.3, 0.4) is 0 Å². The van der Waals surface area contributed by atoms with Crippen molar-refractivity contribution < 1.29 is 0 Å². The predicted molar refractivity (Wildman–Crippen MR) is 201 cm³/mol. The van der Waals surface area contributed by atoms with Crippen LogP contribution in [-0.4, -0.2) is 4.57 Å². The van der Waals surface area contributed by atoms with Crippen molar-refractivity contribution in [2.75, 3.05) is 4.90 Å². The van der Waals surface area contributed by atoms with Crippen LogP contribution in [-0.2, 0) is 6.42 Å². The molecule has 1 aliphatic rings. The van der Waals surface area contributed by atoms with Crippen LogP contribution < -0.4 is 4.90 Å². The third-order valence-electron chi connectivity index (χ3n) is 9.45. The second-order valence-electron chi connectivity index (χ2n) is 12.0. The van der Waals surface area contributed by atoms with Crippen molar-refractivity contribution in [3.8, 4) is 5.69 Å². The SMILES string of the molecule is C1=Cc2sc3c(N(c4ccc5sc6ccccc6c5c4)c4ccc5c(c4)c4ccccc4n5-c4ccccc4)cccc3c2CC1. The van der Waals surface area contributed by atoms with E-state index in [-0.39, 0.29) is 0 Å². The van der Waals surface area contributed by atoms with E-state index in [0.29, 0.717) is 0 Å².